The van der Waals surface area contributed by atoms with Crippen LogP contribution in [-0.2, 0) is 16.2 Å². The van der Waals surface area contributed by atoms with Crippen molar-refractivity contribution in [3.63, 3.8) is 0 Å². The first-order valence-corrected chi connectivity index (χ1v) is 21.8. The minimum Gasteiger partial charge on any atom is -0.256 e. The van der Waals surface area contributed by atoms with Gasteiger partial charge in [0.25, 0.3) is 0 Å². The van der Waals surface area contributed by atoms with Crippen molar-refractivity contribution in [2.24, 2.45) is 11.8 Å². The lowest BCUT2D eigenvalue weighted by molar-refractivity contribution is 0.332. The van der Waals surface area contributed by atoms with Crippen LogP contribution in [0.15, 0.2) is 115 Å². The molecule has 2 aliphatic rings. The van der Waals surface area contributed by atoms with E-state index in [1.807, 2.05) is 20.0 Å². The van der Waals surface area contributed by atoms with Crippen LogP contribution in [0.25, 0.3) is 27.6 Å². The van der Waals surface area contributed by atoms with Gasteiger partial charge in [0.2, 0.25) is 0 Å². The Morgan fingerprint density at radius 3 is 2.04 bits per heavy atom. The predicted octanol–water partition coefficient (Wildman–Crippen LogP) is 16.9. The zero-order valence-electron chi connectivity index (χ0n) is 38.1. The molecule has 0 saturated heterocycles. The highest BCUT2D eigenvalue weighted by Crippen LogP contribution is 2.47. The van der Waals surface area contributed by atoms with Crippen molar-refractivity contribution in [2.45, 2.75) is 158 Å². The second-order valence-electron chi connectivity index (χ2n) is 18.5. The molecule has 0 N–H and O–H groups in total. The summed E-state index contributed by atoms with van der Waals surface area (Å²) in [5.74, 6) is 1.17. The maximum Gasteiger partial charge on any atom is 0.0780 e. The lowest BCUT2D eigenvalue weighted by Crippen LogP contribution is -2.33. The highest BCUT2D eigenvalue weighted by Gasteiger charge is 2.37. The van der Waals surface area contributed by atoms with Gasteiger partial charge in [0.15, 0.2) is 0 Å². The van der Waals surface area contributed by atoms with E-state index in [9.17, 15) is 0 Å². The molecule has 4 aromatic rings. The quantitative estimate of drug-likeness (QED) is 0.163. The van der Waals surface area contributed by atoms with E-state index in [2.05, 4.69) is 187 Å². The van der Waals surface area contributed by atoms with E-state index < -0.39 is 0 Å². The fourth-order valence-electron chi connectivity index (χ4n) is 7.51. The smallest absolute Gasteiger partial charge is 0.0780 e. The van der Waals surface area contributed by atoms with Gasteiger partial charge in [0, 0.05) is 23.1 Å². The van der Waals surface area contributed by atoms with Crippen molar-refractivity contribution in [3.8, 4) is 11.3 Å². The van der Waals surface area contributed by atoms with Gasteiger partial charge in [-0.05, 0) is 118 Å². The average molecular weight is 752 g/mol. The largest absolute Gasteiger partial charge is 0.256 e. The van der Waals surface area contributed by atoms with Crippen LogP contribution in [0.3, 0.4) is 0 Å². The molecule has 3 aromatic carbocycles. The fraction of sp³-hybridized carbons (Fsp3) is 0.473. The molecule has 0 aliphatic heterocycles. The van der Waals surface area contributed by atoms with Gasteiger partial charge in [0.05, 0.1) is 5.69 Å². The maximum absolute atomic E-state index is 4.80. The van der Waals surface area contributed by atoms with Crippen molar-refractivity contribution in [2.75, 3.05) is 0 Å². The number of aromatic nitrogens is 1. The summed E-state index contributed by atoms with van der Waals surface area (Å²) < 4.78 is 0. The van der Waals surface area contributed by atoms with Crippen molar-refractivity contribution < 1.29 is 0 Å². The summed E-state index contributed by atoms with van der Waals surface area (Å²) in [5, 5.41) is 2.57. The van der Waals surface area contributed by atoms with E-state index >= 15 is 0 Å². The summed E-state index contributed by atoms with van der Waals surface area (Å²) in [6, 6.07) is 24.7. The maximum atomic E-state index is 4.80. The molecule has 6 rings (SSSR count). The predicted molar refractivity (Wildman–Crippen MR) is 252 cm³/mol. The van der Waals surface area contributed by atoms with Crippen LogP contribution in [-0.4, -0.2) is 4.98 Å². The zero-order chi connectivity index (χ0) is 41.7. The molecule has 56 heavy (non-hydrogen) atoms. The number of benzene rings is 3. The van der Waals surface area contributed by atoms with Crippen LogP contribution in [0.1, 0.15) is 163 Å². The summed E-state index contributed by atoms with van der Waals surface area (Å²) in [7, 11) is 0. The third-order valence-corrected chi connectivity index (χ3v) is 11.6. The second kappa shape index (κ2) is 21.0. The molecule has 1 heterocycles. The standard InChI is InChI=1S/C27H33N.C22H28.C4H10.C2H6/c1-25(2,3)20-10-8-18(9-11-20)24-21-17-23-22(16-19(21)12-15-28-24)26(4,5)13-14-27(23,6)7;1-5-19-11-7-8-12-20(19)16-21(15-14-17(2)3)22-13-9-6-10-18(22)4;1-3-4-2;1-2/h8-12,15-17H,13-14H2,1-7H3;5-10,12-13,16-17,19H,1,11,14-15H2,2-4H3;3-4H2,1-2H3;1-2H3/b;21-16+;;. The van der Waals surface area contributed by atoms with E-state index in [0.29, 0.717) is 5.92 Å². The molecular weight excluding hydrogens is 675 g/mol. The van der Waals surface area contributed by atoms with Crippen LogP contribution in [0.5, 0.6) is 0 Å². The Hall–Kier alpha value is -3.97. The topological polar surface area (TPSA) is 12.9 Å². The van der Waals surface area contributed by atoms with Crippen molar-refractivity contribution in [1.29, 1.82) is 0 Å². The van der Waals surface area contributed by atoms with Gasteiger partial charge in [-0.15, -0.1) is 6.58 Å². The molecule has 0 amide bonds. The zero-order valence-corrected chi connectivity index (χ0v) is 38.1. The SMILES string of the molecule is C=CC1CC=CC=C1/C=C(\CCC(C)C)c1ccccc1C.CC.CC(C)(C)c1ccc(-c2nccc3cc4c(cc23)C(C)(C)CCC4(C)C)cc1.CCCC. The van der Waals surface area contributed by atoms with Gasteiger partial charge < -0.3 is 0 Å². The van der Waals surface area contributed by atoms with Crippen molar-refractivity contribution in [3.05, 3.63) is 143 Å². The summed E-state index contributed by atoms with van der Waals surface area (Å²) in [5.41, 5.74) is 12.9. The second-order valence-corrected chi connectivity index (χ2v) is 18.5. The molecule has 1 heteroatoms. The lowest BCUT2D eigenvalue weighted by atomic mass is 9.63. The molecule has 0 radical (unpaired) electrons. The minimum absolute atomic E-state index is 0.166. The van der Waals surface area contributed by atoms with Gasteiger partial charge in [-0.2, -0.15) is 0 Å². The number of aryl methyl sites for hydroxylation is 1. The molecule has 2 aliphatic carbocycles. The van der Waals surface area contributed by atoms with Crippen molar-refractivity contribution in [1.82, 2.24) is 4.98 Å². The van der Waals surface area contributed by atoms with Crippen LogP contribution in [0, 0.1) is 18.8 Å². The number of hydrogen-bond donors (Lipinski definition) is 0. The van der Waals surface area contributed by atoms with E-state index in [-0.39, 0.29) is 16.2 Å². The number of unbranched alkanes of at least 4 members (excludes halogenated alkanes) is 1. The van der Waals surface area contributed by atoms with Crippen LogP contribution >= 0.6 is 0 Å². The van der Waals surface area contributed by atoms with Gasteiger partial charge in [-0.3, -0.25) is 4.98 Å². The summed E-state index contributed by atoms with van der Waals surface area (Å²) >= 11 is 0. The number of rotatable bonds is 8. The van der Waals surface area contributed by atoms with Gasteiger partial charge in [-0.1, -0.05) is 188 Å². The van der Waals surface area contributed by atoms with E-state index in [0.717, 1.165) is 24.5 Å². The third kappa shape index (κ3) is 12.3. The molecule has 302 valence electrons. The molecule has 0 spiro atoms. The van der Waals surface area contributed by atoms with Gasteiger partial charge in [-0.25, -0.2) is 0 Å². The fourth-order valence-corrected chi connectivity index (χ4v) is 7.51. The number of nitrogens with zero attached hydrogens (tertiary/aromatic N) is 1. The Morgan fingerprint density at radius 2 is 1.48 bits per heavy atom. The Labute approximate surface area is 344 Å². The summed E-state index contributed by atoms with van der Waals surface area (Å²) in [6.45, 7) is 35.5. The average Bonchev–Trinajstić information content (AvgIpc) is 3.19. The monoisotopic (exact) mass is 752 g/mol. The van der Waals surface area contributed by atoms with E-state index in [1.165, 1.54) is 87.4 Å². The Kier molecular flexibility index (Phi) is 17.4. The summed E-state index contributed by atoms with van der Waals surface area (Å²) in [6.07, 6.45) is 21.6. The molecule has 1 atom stereocenters. The molecular formula is C55H77N. The highest BCUT2D eigenvalue weighted by atomic mass is 14.7. The minimum atomic E-state index is 0.166. The molecule has 0 saturated carbocycles. The first-order valence-electron chi connectivity index (χ1n) is 21.8. The normalized spacial score (nSPS) is 16.9. The lowest BCUT2D eigenvalue weighted by Gasteiger charge is -2.42. The number of hydrogen-bond acceptors (Lipinski definition) is 1. The Morgan fingerprint density at radius 1 is 0.875 bits per heavy atom. The molecule has 1 unspecified atom stereocenters. The molecule has 1 nitrogen and oxygen atoms in total. The number of allylic oxidation sites excluding steroid dienone is 7. The molecule has 0 fully saturated rings. The van der Waals surface area contributed by atoms with E-state index in [1.54, 1.807) is 0 Å². The van der Waals surface area contributed by atoms with Gasteiger partial charge >= 0.3 is 0 Å². The van der Waals surface area contributed by atoms with Gasteiger partial charge in [0.1, 0.15) is 0 Å². The Bertz CT molecular complexity index is 1930. The highest BCUT2D eigenvalue weighted by molar-refractivity contribution is 5.96. The molecule has 1 aromatic heterocycles. The van der Waals surface area contributed by atoms with Crippen LogP contribution in [0.2, 0.25) is 0 Å². The Balaban J connectivity index is 0.000000270. The van der Waals surface area contributed by atoms with Crippen LogP contribution < -0.4 is 0 Å². The molecule has 0 bridgehead atoms. The number of pyridine rings is 1. The van der Waals surface area contributed by atoms with Crippen molar-refractivity contribution >= 4 is 16.3 Å². The summed E-state index contributed by atoms with van der Waals surface area (Å²) in [4.78, 5) is 4.80. The first-order chi connectivity index (χ1) is 26.5. The number of fused-ring (bicyclic) bond motifs is 2. The third-order valence-electron chi connectivity index (χ3n) is 11.6. The first kappa shape index (κ1) is 46.4. The van der Waals surface area contributed by atoms with Crippen LogP contribution in [0.4, 0.5) is 0 Å². The van der Waals surface area contributed by atoms with E-state index in [4.69, 9.17) is 4.98 Å².